The lowest BCUT2D eigenvalue weighted by molar-refractivity contribution is -0.136. The Morgan fingerprint density at radius 1 is 0.848 bits per heavy atom. The van der Waals surface area contributed by atoms with Crippen molar-refractivity contribution in [1.29, 1.82) is 0 Å². The zero-order valence-electron chi connectivity index (χ0n) is 38.3. The first-order chi connectivity index (χ1) is 31.6. The van der Waals surface area contributed by atoms with Gasteiger partial charge in [0.1, 0.15) is 16.8 Å². The molecule has 350 valence electrons. The fourth-order valence-corrected chi connectivity index (χ4v) is 11.6. The molecule has 4 fully saturated rings. The Morgan fingerprint density at radius 3 is 2.27 bits per heavy atom. The van der Waals surface area contributed by atoms with Crippen LogP contribution in [0.25, 0.3) is 0 Å². The second-order valence-corrected chi connectivity index (χ2v) is 21.9. The number of sulfone groups is 1. The van der Waals surface area contributed by atoms with Crippen LogP contribution in [-0.2, 0) is 26.0 Å². The van der Waals surface area contributed by atoms with E-state index in [0.29, 0.717) is 48.2 Å². The Morgan fingerprint density at radius 2 is 1.56 bits per heavy atom. The number of rotatable bonds is 13. The molecule has 3 amide bonds. The number of fused-ring (bicyclic) bond motifs is 1. The van der Waals surface area contributed by atoms with E-state index in [1.165, 1.54) is 11.8 Å². The van der Waals surface area contributed by atoms with Crippen LogP contribution in [0.2, 0.25) is 5.02 Å². The molecule has 0 saturated carbocycles. The molecule has 5 aliphatic heterocycles. The highest BCUT2D eigenvalue weighted by Crippen LogP contribution is 2.40. The summed E-state index contributed by atoms with van der Waals surface area (Å²) < 4.78 is 32.6. The van der Waals surface area contributed by atoms with E-state index < -0.39 is 21.1 Å². The second kappa shape index (κ2) is 18.8. The molecule has 5 aliphatic rings. The summed E-state index contributed by atoms with van der Waals surface area (Å²) in [4.78, 5) is 56.0. The average molecular weight is 939 g/mol. The fourth-order valence-electron chi connectivity index (χ4n) is 10.3. The molecule has 4 aromatic rings. The van der Waals surface area contributed by atoms with Crippen molar-refractivity contribution >= 4 is 68.0 Å². The highest BCUT2D eigenvalue weighted by molar-refractivity contribution is 7.92. The number of aryl methyl sites for hydroxylation is 1. The van der Waals surface area contributed by atoms with Crippen LogP contribution in [0.5, 0.6) is 5.75 Å². The summed E-state index contributed by atoms with van der Waals surface area (Å²) >= 11 is 6.54. The van der Waals surface area contributed by atoms with Gasteiger partial charge in [0.15, 0.2) is 15.7 Å². The number of aromatic nitrogens is 2. The number of halogens is 1. The van der Waals surface area contributed by atoms with Gasteiger partial charge in [-0.3, -0.25) is 24.6 Å². The quantitative estimate of drug-likeness (QED) is 0.115. The number of ether oxygens (including phenoxy) is 1. The number of likely N-dealkylation sites (tertiary alicyclic amines) is 2. The minimum atomic E-state index is -3.57. The minimum Gasteiger partial charge on any atom is -0.489 e. The number of piperidine rings is 3. The number of para-hydroxylation sites is 1. The molecule has 0 spiro atoms. The van der Waals surface area contributed by atoms with Gasteiger partial charge in [-0.2, -0.15) is 4.98 Å². The Kier molecular flexibility index (Phi) is 13.0. The highest BCUT2D eigenvalue weighted by Gasteiger charge is 2.41. The summed E-state index contributed by atoms with van der Waals surface area (Å²) in [5.41, 5.74) is 6.29. The summed E-state index contributed by atoms with van der Waals surface area (Å²) in [5, 5.41) is 8.53. The van der Waals surface area contributed by atoms with Crippen LogP contribution in [0, 0.1) is 6.92 Å². The van der Waals surface area contributed by atoms with E-state index in [1.807, 2.05) is 26.0 Å². The number of hydrogen-bond donors (Lipinski definition) is 3. The van der Waals surface area contributed by atoms with Crippen LogP contribution in [0.3, 0.4) is 0 Å². The van der Waals surface area contributed by atoms with Crippen molar-refractivity contribution in [2.24, 2.45) is 0 Å². The fraction of sp³-hybridized carbons (Fsp3) is 0.490. The molecule has 1 aromatic heterocycles. The van der Waals surface area contributed by atoms with Gasteiger partial charge in [-0.1, -0.05) is 23.7 Å². The van der Waals surface area contributed by atoms with Crippen molar-refractivity contribution in [2.45, 2.75) is 120 Å². The number of amides is 3. The third kappa shape index (κ3) is 9.34. The molecular weight excluding hydrogens is 878 g/mol. The van der Waals surface area contributed by atoms with Crippen LogP contribution in [0.1, 0.15) is 99.2 Å². The van der Waals surface area contributed by atoms with Crippen LogP contribution in [-0.4, -0.2) is 120 Å². The first kappa shape index (κ1) is 45.8. The summed E-state index contributed by atoms with van der Waals surface area (Å²) in [6, 6.07) is 17.5. The molecule has 66 heavy (non-hydrogen) atoms. The van der Waals surface area contributed by atoms with Crippen LogP contribution >= 0.6 is 11.6 Å². The molecule has 15 nitrogen and oxygen atoms in total. The maximum Gasteiger partial charge on any atom is 0.255 e. The zero-order chi connectivity index (χ0) is 46.4. The lowest BCUT2D eigenvalue weighted by Crippen LogP contribution is -2.62. The first-order valence-electron chi connectivity index (χ1n) is 23.3. The number of carbonyl (C=O) groups is 3. The third-order valence-electron chi connectivity index (χ3n) is 14.0. The standard InChI is InChI=1S/C49H60ClN9O6S/c1-29(2)65-43-24-38(31(5)22-41(43)53-49-51-25-39(50)46(55-49)52-40-8-6-7-9-44(40)66(63,64)30(3)4)32-14-18-56(19-15-32)34-16-20-57(21-17-34)36-27-58(28-36)35-10-11-37-33(23-35)26-59(48(37)62)42-12-13-45(60)54-47(42)61/h6-11,22-25,29-30,32,34,36,42H,12-21,26-28H2,1-5H3,(H,54,60,61)(H2,51,52,53,55). The van der Waals surface area contributed by atoms with Gasteiger partial charge in [-0.25, -0.2) is 13.4 Å². The Bertz CT molecular complexity index is 2620. The SMILES string of the molecule is Cc1cc(Nc2ncc(Cl)c(Nc3ccccc3S(=O)(=O)C(C)C)n2)c(OC(C)C)cc1C1CCN(C2CCN(C3CN(c4ccc5c(c4)CN(C4CCC(=O)NC4=O)C5=O)C3)CC2)CC1. The van der Waals surface area contributed by atoms with Crippen LogP contribution in [0.15, 0.2) is 65.7 Å². The van der Waals surface area contributed by atoms with E-state index in [1.54, 1.807) is 43.0 Å². The molecule has 0 aliphatic carbocycles. The number of anilines is 5. The molecule has 0 radical (unpaired) electrons. The van der Waals surface area contributed by atoms with E-state index in [9.17, 15) is 22.8 Å². The summed E-state index contributed by atoms with van der Waals surface area (Å²) in [5.74, 6) is 0.906. The Balaban J connectivity index is 0.778. The van der Waals surface area contributed by atoms with Gasteiger partial charge in [-0.15, -0.1) is 0 Å². The number of hydrogen-bond acceptors (Lipinski definition) is 13. The summed E-state index contributed by atoms with van der Waals surface area (Å²) in [6.07, 6.45) is 6.52. The monoisotopic (exact) mass is 937 g/mol. The van der Waals surface area contributed by atoms with Gasteiger partial charge in [0, 0.05) is 62.5 Å². The number of benzene rings is 3. The van der Waals surface area contributed by atoms with Crippen molar-refractivity contribution < 1.29 is 27.5 Å². The number of carbonyl (C=O) groups excluding carboxylic acids is 3. The molecule has 1 atom stereocenters. The predicted molar refractivity (Wildman–Crippen MR) is 256 cm³/mol. The number of imide groups is 1. The maximum absolute atomic E-state index is 13.2. The van der Waals surface area contributed by atoms with E-state index in [0.717, 1.165) is 93.2 Å². The number of nitrogens with zero attached hydrogens (tertiary/aromatic N) is 6. The molecule has 9 rings (SSSR count). The normalized spacial score (nSPS) is 20.5. The molecular formula is C49H60ClN9O6S. The molecule has 3 N–H and O–H groups in total. The Labute approximate surface area is 392 Å². The van der Waals surface area contributed by atoms with Crippen LogP contribution < -0.4 is 25.6 Å². The lowest BCUT2D eigenvalue weighted by Gasteiger charge is -2.50. The first-order valence-corrected chi connectivity index (χ1v) is 25.3. The zero-order valence-corrected chi connectivity index (χ0v) is 39.9. The van der Waals surface area contributed by atoms with Crippen molar-refractivity contribution in [3.63, 3.8) is 0 Å². The maximum atomic E-state index is 13.2. The van der Waals surface area contributed by atoms with Crippen molar-refractivity contribution in [3.05, 3.63) is 88.1 Å². The molecule has 6 heterocycles. The minimum absolute atomic E-state index is 0.0643. The van der Waals surface area contributed by atoms with Crippen molar-refractivity contribution in [3.8, 4) is 5.75 Å². The van der Waals surface area contributed by atoms with Crippen LogP contribution in [0.4, 0.5) is 28.8 Å². The molecule has 4 saturated heterocycles. The summed E-state index contributed by atoms with van der Waals surface area (Å²) in [6.45, 7) is 16.1. The molecule has 0 bridgehead atoms. The van der Waals surface area contributed by atoms with E-state index in [-0.39, 0.29) is 46.0 Å². The third-order valence-corrected chi connectivity index (χ3v) is 16.5. The van der Waals surface area contributed by atoms with Gasteiger partial charge in [-0.05, 0) is 145 Å². The lowest BCUT2D eigenvalue weighted by atomic mass is 9.85. The largest absolute Gasteiger partial charge is 0.489 e. The van der Waals surface area contributed by atoms with Crippen molar-refractivity contribution in [1.82, 2.24) is 30.0 Å². The number of nitrogens with one attached hydrogen (secondary N) is 3. The van der Waals surface area contributed by atoms with Gasteiger partial charge in [0.2, 0.25) is 17.8 Å². The average Bonchev–Trinajstić information content (AvgIpc) is 3.60. The second-order valence-electron chi connectivity index (χ2n) is 19.0. The van der Waals surface area contributed by atoms with Gasteiger partial charge < -0.3 is 30.1 Å². The van der Waals surface area contributed by atoms with Gasteiger partial charge in [0.25, 0.3) is 5.91 Å². The van der Waals surface area contributed by atoms with E-state index in [4.69, 9.17) is 16.3 Å². The van der Waals surface area contributed by atoms with Crippen molar-refractivity contribution in [2.75, 3.05) is 54.8 Å². The predicted octanol–water partition coefficient (Wildman–Crippen LogP) is 7.19. The molecule has 3 aromatic carbocycles. The topological polar surface area (TPSA) is 169 Å². The molecule has 17 heteroatoms. The summed E-state index contributed by atoms with van der Waals surface area (Å²) in [7, 11) is -3.57. The molecule has 1 unspecified atom stereocenters. The van der Waals surface area contributed by atoms with E-state index >= 15 is 0 Å². The highest BCUT2D eigenvalue weighted by atomic mass is 35.5. The Hall–Kier alpha value is -5.29. The van der Waals surface area contributed by atoms with Gasteiger partial charge in [0.05, 0.1) is 33.8 Å². The smallest absolute Gasteiger partial charge is 0.255 e. The van der Waals surface area contributed by atoms with Gasteiger partial charge >= 0.3 is 0 Å². The van der Waals surface area contributed by atoms with E-state index in [2.05, 4.69) is 65.7 Å².